The zero-order valence-corrected chi connectivity index (χ0v) is 9.07. The molecule has 4 nitrogen and oxygen atoms in total. The van der Waals surface area contributed by atoms with Crippen LogP contribution in [0.4, 0.5) is 0 Å². The summed E-state index contributed by atoms with van der Waals surface area (Å²) in [6.07, 6.45) is 1.75. The molecule has 1 saturated heterocycles. The molecule has 1 heterocycles. The Kier molecular flexibility index (Phi) is 3.89. The number of carbonyl (C=O) groups is 1. The Morgan fingerprint density at radius 1 is 1.64 bits per heavy atom. The lowest BCUT2D eigenvalue weighted by Crippen LogP contribution is -2.53. The lowest BCUT2D eigenvalue weighted by Gasteiger charge is -2.38. The van der Waals surface area contributed by atoms with Gasteiger partial charge < -0.3 is 11.5 Å². The number of nitrogens with two attached hydrogens (primary N) is 2. The molecule has 4 heteroatoms. The fourth-order valence-electron chi connectivity index (χ4n) is 2.12. The molecule has 0 aromatic heterocycles. The maximum atomic E-state index is 11.2. The predicted molar refractivity (Wildman–Crippen MR) is 56.6 cm³/mol. The minimum absolute atomic E-state index is 0.107. The third-order valence-electron chi connectivity index (χ3n) is 3.16. The van der Waals surface area contributed by atoms with Gasteiger partial charge in [-0.25, -0.2) is 0 Å². The Labute approximate surface area is 85.6 Å². The number of likely N-dealkylation sites (tertiary alicyclic amines) is 1. The first-order chi connectivity index (χ1) is 6.56. The minimum Gasteiger partial charge on any atom is -0.368 e. The summed E-state index contributed by atoms with van der Waals surface area (Å²) in [5.74, 6) is 0.243. The summed E-state index contributed by atoms with van der Waals surface area (Å²) in [4.78, 5) is 13.3. The van der Waals surface area contributed by atoms with Crippen LogP contribution in [0.2, 0.25) is 0 Å². The zero-order chi connectivity index (χ0) is 10.7. The summed E-state index contributed by atoms with van der Waals surface area (Å²) in [5, 5.41) is 0. The molecule has 1 aliphatic heterocycles. The van der Waals surface area contributed by atoms with E-state index >= 15 is 0 Å². The van der Waals surface area contributed by atoms with Crippen molar-refractivity contribution in [2.75, 3.05) is 13.1 Å². The van der Waals surface area contributed by atoms with E-state index in [0.29, 0.717) is 5.92 Å². The molecule has 82 valence electrons. The third-order valence-corrected chi connectivity index (χ3v) is 3.16. The quantitative estimate of drug-likeness (QED) is 0.667. The van der Waals surface area contributed by atoms with Gasteiger partial charge in [0, 0.05) is 19.1 Å². The molecule has 0 saturated carbocycles. The van der Waals surface area contributed by atoms with Crippen molar-refractivity contribution in [2.24, 2.45) is 17.4 Å². The highest BCUT2D eigenvalue weighted by Gasteiger charge is 2.29. The molecule has 14 heavy (non-hydrogen) atoms. The first kappa shape index (κ1) is 11.5. The van der Waals surface area contributed by atoms with E-state index in [1.54, 1.807) is 0 Å². The van der Waals surface area contributed by atoms with Crippen molar-refractivity contribution in [2.45, 2.75) is 38.8 Å². The second-order valence-corrected chi connectivity index (χ2v) is 4.25. The van der Waals surface area contributed by atoms with Crippen LogP contribution < -0.4 is 11.5 Å². The number of carbonyl (C=O) groups excluding carboxylic acids is 1. The lowest BCUT2D eigenvalue weighted by molar-refractivity contribution is -0.124. The Morgan fingerprint density at radius 3 is 2.71 bits per heavy atom. The molecule has 0 radical (unpaired) electrons. The van der Waals surface area contributed by atoms with Gasteiger partial charge in [0.2, 0.25) is 5.91 Å². The molecule has 4 N–H and O–H groups in total. The summed E-state index contributed by atoms with van der Waals surface area (Å²) >= 11 is 0. The number of hydrogen-bond donors (Lipinski definition) is 2. The van der Waals surface area contributed by atoms with Gasteiger partial charge in [-0.15, -0.1) is 0 Å². The van der Waals surface area contributed by atoms with Gasteiger partial charge in [0.25, 0.3) is 0 Å². The zero-order valence-electron chi connectivity index (χ0n) is 9.07. The highest BCUT2D eigenvalue weighted by atomic mass is 16.1. The highest BCUT2D eigenvalue weighted by Crippen LogP contribution is 2.18. The Bertz CT molecular complexity index is 208. The maximum absolute atomic E-state index is 11.2. The van der Waals surface area contributed by atoms with Gasteiger partial charge in [-0.05, 0) is 18.8 Å². The van der Waals surface area contributed by atoms with Crippen LogP contribution in [-0.4, -0.2) is 36.0 Å². The predicted octanol–water partition coefficient (Wildman–Crippen LogP) is -0.0806. The van der Waals surface area contributed by atoms with Crippen LogP contribution in [0, 0.1) is 5.92 Å². The van der Waals surface area contributed by atoms with Gasteiger partial charge in [-0.3, -0.25) is 9.69 Å². The molecule has 3 unspecified atom stereocenters. The molecule has 1 rings (SSSR count). The smallest absolute Gasteiger partial charge is 0.234 e. The van der Waals surface area contributed by atoms with Crippen LogP contribution in [0.15, 0.2) is 0 Å². The van der Waals surface area contributed by atoms with Crippen molar-refractivity contribution in [3.05, 3.63) is 0 Å². The molecular weight excluding hydrogens is 178 g/mol. The molecule has 1 amide bonds. The van der Waals surface area contributed by atoms with Crippen LogP contribution in [0.1, 0.15) is 26.7 Å². The number of amides is 1. The maximum Gasteiger partial charge on any atom is 0.234 e. The van der Waals surface area contributed by atoms with E-state index in [1.807, 2.05) is 6.92 Å². The van der Waals surface area contributed by atoms with E-state index < -0.39 is 0 Å². The largest absolute Gasteiger partial charge is 0.368 e. The first-order valence-electron chi connectivity index (χ1n) is 5.35. The van der Waals surface area contributed by atoms with Gasteiger partial charge in [-0.1, -0.05) is 13.8 Å². The van der Waals surface area contributed by atoms with Crippen molar-refractivity contribution in [3.63, 3.8) is 0 Å². The van der Waals surface area contributed by atoms with Gasteiger partial charge in [0.05, 0.1) is 6.04 Å². The van der Waals surface area contributed by atoms with E-state index in [0.717, 1.165) is 25.9 Å². The number of nitrogens with zero attached hydrogens (tertiary/aromatic N) is 1. The third kappa shape index (κ3) is 2.45. The summed E-state index contributed by atoms with van der Waals surface area (Å²) in [6, 6.07) is 0.168. The Balaban J connectivity index is 2.56. The lowest BCUT2D eigenvalue weighted by atomic mass is 9.93. The van der Waals surface area contributed by atoms with Crippen LogP contribution in [0.3, 0.4) is 0 Å². The Morgan fingerprint density at radius 2 is 2.29 bits per heavy atom. The molecule has 1 fully saturated rings. The van der Waals surface area contributed by atoms with Gasteiger partial charge in [0.15, 0.2) is 0 Å². The number of primary amides is 1. The minimum atomic E-state index is -0.213. The van der Waals surface area contributed by atoms with Crippen LogP contribution in [0.5, 0.6) is 0 Å². The average molecular weight is 199 g/mol. The van der Waals surface area contributed by atoms with E-state index in [4.69, 9.17) is 11.5 Å². The second kappa shape index (κ2) is 4.75. The fourth-order valence-corrected chi connectivity index (χ4v) is 2.12. The van der Waals surface area contributed by atoms with E-state index in [1.165, 1.54) is 0 Å². The van der Waals surface area contributed by atoms with Crippen molar-refractivity contribution < 1.29 is 4.79 Å². The summed E-state index contributed by atoms with van der Waals surface area (Å²) < 4.78 is 0. The summed E-state index contributed by atoms with van der Waals surface area (Å²) in [7, 11) is 0. The molecular formula is C10H21N3O. The molecule has 0 aromatic carbocycles. The molecule has 0 aliphatic carbocycles. The van der Waals surface area contributed by atoms with Crippen molar-refractivity contribution in [1.29, 1.82) is 0 Å². The van der Waals surface area contributed by atoms with Gasteiger partial charge >= 0.3 is 0 Å². The molecule has 3 atom stereocenters. The SMILES string of the molecule is CCC(C(N)=O)N1CCC(N)C(C)C1. The molecule has 0 aromatic rings. The van der Waals surface area contributed by atoms with Crippen molar-refractivity contribution in [3.8, 4) is 0 Å². The first-order valence-corrected chi connectivity index (χ1v) is 5.35. The normalized spacial score (nSPS) is 31.4. The number of piperidine rings is 1. The van der Waals surface area contributed by atoms with E-state index in [9.17, 15) is 4.79 Å². The fraction of sp³-hybridized carbons (Fsp3) is 0.900. The number of hydrogen-bond acceptors (Lipinski definition) is 3. The van der Waals surface area contributed by atoms with Crippen molar-refractivity contribution in [1.82, 2.24) is 4.90 Å². The molecule has 0 spiro atoms. The summed E-state index contributed by atoms with van der Waals surface area (Å²) in [5.41, 5.74) is 11.3. The van der Waals surface area contributed by atoms with Crippen LogP contribution in [0.25, 0.3) is 0 Å². The summed E-state index contributed by atoms with van der Waals surface area (Å²) in [6.45, 7) is 5.91. The van der Waals surface area contributed by atoms with Crippen LogP contribution in [-0.2, 0) is 4.79 Å². The molecule has 1 aliphatic rings. The second-order valence-electron chi connectivity index (χ2n) is 4.25. The number of rotatable bonds is 3. The van der Waals surface area contributed by atoms with E-state index in [2.05, 4.69) is 11.8 Å². The molecule has 0 bridgehead atoms. The Hall–Kier alpha value is -0.610. The standard InChI is InChI=1S/C10H21N3O/c1-3-9(10(12)14)13-5-4-8(11)7(2)6-13/h7-9H,3-6,11H2,1-2H3,(H2,12,14). The van der Waals surface area contributed by atoms with Crippen LogP contribution >= 0.6 is 0 Å². The van der Waals surface area contributed by atoms with Gasteiger partial charge in [-0.2, -0.15) is 0 Å². The topological polar surface area (TPSA) is 72.4 Å². The highest BCUT2D eigenvalue weighted by molar-refractivity contribution is 5.79. The van der Waals surface area contributed by atoms with E-state index in [-0.39, 0.29) is 18.0 Å². The monoisotopic (exact) mass is 199 g/mol. The van der Waals surface area contributed by atoms with Crippen molar-refractivity contribution >= 4 is 5.91 Å². The van der Waals surface area contributed by atoms with Gasteiger partial charge in [0.1, 0.15) is 0 Å². The average Bonchev–Trinajstić information content (AvgIpc) is 2.11.